The largest absolute Gasteiger partial charge is 0.462 e. The lowest BCUT2D eigenvalue weighted by molar-refractivity contribution is -0.163. The molecule has 4 atom stereocenters. The van der Waals surface area contributed by atoms with E-state index in [9.17, 15) is 4.79 Å². The van der Waals surface area contributed by atoms with Crippen LogP contribution in [-0.4, -0.2) is 33.5 Å². The van der Waals surface area contributed by atoms with Crippen LogP contribution in [0.1, 0.15) is 35.1 Å². The van der Waals surface area contributed by atoms with Crippen molar-refractivity contribution in [3.63, 3.8) is 0 Å². The van der Waals surface area contributed by atoms with Crippen molar-refractivity contribution in [2.24, 2.45) is 0 Å². The van der Waals surface area contributed by atoms with Gasteiger partial charge >= 0.3 is 5.97 Å². The maximum atomic E-state index is 12.8. The van der Waals surface area contributed by atoms with E-state index in [1.807, 2.05) is 42.5 Å². The van der Waals surface area contributed by atoms with Crippen molar-refractivity contribution in [1.82, 2.24) is 14.9 Å². The molecular formula is C22H19N3O3. The number of benzene rings is 1. The van der Waals surface area contributed by atoms with E-state index in [0.717, 1.165) is 16.7 Å². The molecule has 1 aromatic carbocycles. The molecule has 4 heterocycles. The number of esters is 1. The molecule has 0 radical (unpaired) electrons. The summed E-state index contributed by atoms with van der Waals surface area (Å²) in [7, 11) is 0. The number of fused-ring (bicyclic) bond motifs is 1. The third-order valence-electron chi connectivity index (χ3n) is 5.35. The third-order valence-corrected chi connectivity index (χ3v) is 5.35. The molecule has 0 N–H and O–H groups in total. The summed E-state index contributed by atoms with van der Waals surface area (Å²) in [6.45, 7) is 0.299. The zero-order valence-electron chi connectivity index (χ0n) is 15.1. The quantitative estimate of drug-likeness (QED) is 0.657. The summed E-state index contributed by atoms with van der Waals surface area (Å²) in [6, 6.07) is 17.1. The minimum Gasteiger partial charge on any atom is -0.462 e. The van der Waals surface area contributed by atoms with E-state index in [4.69, 9.17) is 9.47 Å². The van der Waals surface area contributed by atoms with Gasteiger partial charge in [0.1, 0.15) is 25.0 Å². The number of hydrogen-bond donors (Lipinski definition) is 0. The van der Waals surface area contributed by atoms with Crippen molar-refractivity contribution >= 4 is 5.97 Å². The Balaban J connectivity index is 1.61. The number of ether oxygens (including phenoxy) is 2. The lowest BCUT2D eigenvalue weighted by Gasteiger charge is -2.39. The molecule has 0 aliphatic carbocycles. The molecule has 0 saturated carbocycles. The second-order valence-electron chi connectivity index (χ2n) is 6.92. The minimum absolute atomic E-state index is 0.0890. The summed E-state index contributed by atoms with van der Waals surface area (Å²) >= 11 is 0. The molecule has 5 rings (SSSR count). The van der Waals surface area contributed by atoms with Gasteiger partial charge in [0.15, 0.2) is 0 Å². The number of carbonyl (C=O) groups is 1. The van der Waals surface area contributed by atoms with E-state index < -0.39 is 12.1 Å². The van der Waals surface area contributed by atoms with Crippen LogP contribution in [0, 0.1) is 0 Å². The van der Waals surface area contributed by atoms with Gasteiger partial charge in [-0.25, -0.2) is 4.90 Å². The zero-order chi connectivity index (χ0) is 18.9. The molecular weight excluding hydrogens is 354 g/mol. The van der Waals surface area contributed by atoms with Gasteiger partial charge < -0.3 is 9.47 Å². The third kappa shape index (κ3) is 2.87. The average Bonchev–Trinajstić information content (AvgIpc) is 3.17. The number of cyclic esters (lactones) is 1. The van der Waals surface area contributed by atoms with Gasteiger partial charge in [0.2, 0.25) is 0 Å². The molecule has 2 aromatic heterocycles. The normalized spacial score (nSPS) is 27.2. The highest BCUT2D eigenvalue weighted by Gasteiger charge is 2.54. The number of morpholine rings is 1. The summed E-state index contributed by atoms with van der Waals surface area (Å²) in [6.07, 6.45) is 6.11. The molecule has 28 heavy (non-hydrogen) atoms. The molecule has 2 aliphatic rings. The van der Waals surface area contributed by atoms with E-state index in [2.05, 4.69) is 27.0 Å². The molecule has 6 heteroatoms. The van der Waals surface area contributed by atoms with Crippen LogP contribution < -0.4 is 0 Å². The first-order chi connectivity index (χ1) is 13.8. The Kier molecular flexibility index (Phi) is 4.35. The lowest BCUT2D eigenvalue weighted by Crippen LogP contribution is -2.49. The number of hydrogen-bond acceptors (Lipinski definition) is 6. The van der Waals surface area contributed by atoms with Crippen molar-refractivity contribution in [3.8, 4) is 0 Å². The molecule has 0 amide bonds. The fourth-order valence-electron chi connectivity index (χ4n) is 4.06. The highest BCUT2D eigenvalue weighted by atomic mass is 16.6. The molecule has 0 spiro atoms. The van der Waals surface area contributed by atoms with Crippen molar-refractivity contribution in [1.29, 1.82) is 0 Å². The number of aromatic nitrogens is 2. The van der Waals surface area contributed by atoms with Crippen LogP contribution in [0.15, 0.2) is 79.4 Å². The Labute approximate surface area is 162 Å². The summed E-state index contributed by atoms with van der Waals surface area (Å²) in [5.74, 6) is -0.259. The van der Waals surface area contributed by atoms with E-state index in [1.165, 1.54) is 0 Å². The van der Waals surface area contributed by atoms with Gasteiger partial charge in [-0.2, -0.15) is 0 Å². The standard InChI is InChI=1S/C22H19N3O3/c26-22-19-20(16-6-10-23-11-7-16)28-21(17-8-12-24-13-9-17)25(19)18(14-27-22)15-4-2-1-3-5-15/h1-13,18-21H,14H2/t18-,19+,20-,21+/m0/s1. The average molecular weight is 373 g/mol. The predicted octanol–water partition coefficient (Wildman–Crippen LogP) is 3.22. The maximum Gasteiger partial charge on any atom is 0.326 e. The molecule has 0 bridgehead atoms. The maximum absolute atomic E-state index is 12.8. The number of pyridine rings is 2. The summed E-state index contributed by atoms with van der Waals surface area (Å²) in [5, 5.41) is 0. The Morgan fingerprint density at radius 3 is 2.14 bits per heavy atom. The number of rotatable bonds is 3. The first-order valence-electron chi connectivity index (χ1n) is 9.27. The summed E-state index contributed by atoms with van der Waals surface area (Å²) in [4.78, 5) is 23.2. The van der Waals surface area contributed by atoms with Crippen LogP contribution >= 0.6 is 0 Å². The summed E-state index contributed by atoms with van der Waals surface area (Å²) in [5.41, 5.74) is 2.97. The first kappa shape index (κ1) is 17.0. The topological polar surface area (TPSA) is 64.5 Å². The highest BCUT2D eigenvalue weighted by Crippen LogP contribution is 2.49. The Hall–Kier alpha value is -3.09. The monoisotopic (exact) mass is 373 g/mol. The molecule has 0 unspecified atom stereocenters. The van der Waals surface area contributed by atoms with Gasteiger partial charge in [-0.15, -0.1) is 0 Å². The van der Waals surface area contributed by atoms with Crippen LogP contribution in [0.25, 0.3) is 0 Å². The van der Waals surface area contributed by atoms with Crippen molar-refractivity contribution in [3.05, 3.63) is 96.1 Å². The fourth-order valence-corrected chi connectivity index (χ4v) is 4.06. The molecule has 2 aliphatic heterocycles. The van der Waals surface area contributed by atoms with Crippen molar-refractivity contribution in [2.45, 2.75) is 24.4 Å². The molecule has 2 fully saturated rings. The molecule has 3 aromatic rings. The first-order valence-corrected chi connectivity index (χ1v) is 9.27. The minimum atomic E-state index is -0.528. The Morgan fingerprint density at radius 2 is 1.46 bits per heavy atom. The van der Waals surface area contributed by atoms with Gasteiger partial charge in [-0.3, -0.25) is 14.8 Å². The number of nitrogens with zero attached hydrogens (tertiary/aromatic N) is 3. The van der Waals surface area contributed by atoms with E-state index >= 15 is 0 Å². The van der Waals surface area contributed by atoms with Gasteiger partial charge in [0.25, 0.3) is 0 Å². The molecule has 140 valence electrons. The van der Waals surface area contributed by atoms with E-state index in [1.54, 1.807) is 24.8 Å². The molecule has 2 saturated heterocycles. The molecule has 6 nitrogen and oxygen atoms in total. The lowest BCUT2D eigenvalue weighted by atomic mass is 9.97. The Bertz CT molecular complexity index is 953. The van der Waals surface area contributed by atoms with Crippen LogP contribution in [0.3, 0.4) is 0 Å². The van der Waals surface area contributed by atoms with Crippen LogP contribution in [0.2, 0.25) is 0 Å². The van der Waals surface area contributed by atoms with Crippen LogP contribution in [-0.2, 0) is 14.3 Å². The highest BCUT2D eigenvalue weighted by molar-refractivity contribution is 5.78. The van der Waals surface area contributed by atoms with E-state index in [-0.39, 0.29) is 18.2 Å². The predicted molar refractivity (Wildman–Crippen MR) is 101 cm³/mol. The van der Waals surface area contributed by atoms with Crippen LogP contribution in [0.4, 0.5) is 0 Å². The second kappa shape index (κ2) is 7.14. The zero-order valence-corrected chi connectivity index (χ0v) is 15.1. The smallest absolute Gasteiger partial charge is 0.326 e. The Morgan fingerprint density at radius 1 is 0.821 bits per heavy atom. The number of carbonyl (C=O) groups excluding carboxylic acids is 1. The SMILES string of the molecule is O=C1OC[C@@H](c2ccccc2)N2[C@@H](c3ccncc3)O[C@@H](c3ccncc3)[C@H]12. The summed E-state index contributed by atoms with van der Waals surface area (Å²) < 4.78 is 12.1. The fraction of sp³-hybridized carbons (Fsp3) is 0.227. The van der Waals surface area contributed by atoms with Crippen molar-refractivity contribution < 1.29 is 14.3 Å². The van der Waals surface area contributed by atoms with Gasteiger partial charge in [-0.1, -0.05) is 30.3 Å². The van der Waals surface area contributed by atoms with Gasteiger partial charge in [-0.05, 0) is 41.0 Å². The van der Waals surface area contributed by atoms with Crippen LogP contribution in [0.5, 0.6) is 0 Å². The van der Waals surface area contributed by atoms with Crippen molar-refractivity contribution in [2.75, 3.05) is 6.61 Å². The van der Waals surface area contributed by atoms with E-state index in [0.29, 0.717) is 6.61 Å². The second-order valence-corrected chi connectivity index (χ2v) is 6.92. The van der Waals surface area contributed by atoms with Gasteiger partial charge in [0.05, 0.1) is 6.04 Å². The van der Waals surface area contributed by atoms with Gasteiger partial charge in [0, 0.05) is 24.8 Å².